The van der Waals surface area contributed by atoms with Gasteiger partial charge >= 0.3 is 0 Å². The van der Waals surface area contributed by atoms with Crippen LogP contribution in [0.5, 0.6) is 0 Å². The topological polar surface area (TPSA) is 32.5 Å². The average molecular weight is 289 g/mol. The fourth-order valence-electron chi connectivity index (χ4n) is 3.52. The third-order valence-corrected chi connectivity index (χ3v) is 5.11. The quantitative estimate of drug-likeness (QED) is 0.874. The van der Waals surface area contributed by atoms with Gasteiger partial charge in [-0.15, -0.1) is 0 Å². The van der Waals surface area contributed by atoms with Crippen molar-refractivity contribution in [3.63, 3.8) is 0 Å². The molecule has 1 heterocycles. The van der Waals surface area contributed by atoms with Gasteiger partial charge in [-0.2, -0.15) is 0 Å². The number of nitrogens with zero attached hydrogens (tertiary/aromatic N) is 2. The molecule has 1 aromatic rings. The van der Waals surface area contributed by atoms with Gasteiger partial charge in [0, 0.05) is 37.8 Å². The Kier molecular flexibility index (Phi) is 5.80. The molecule has 0 unspecified atom stereocenters. The summed E-state index contributed by atoms with van der Waals surface area (Å²) in [5.41, 5.74) is 7.79. The Balaban J connectivity index is 2.07. The van der Waals surface area contributed by atoms with Crippen LogP contribution < -0.4 is 5.73 Å². The van der Waals surface area contributed by atoms with Crippen molar-refractivity contribution >= 4 is 0 Å². The molecule has 0 aromatic heterocycles. The Hall–Kier alpha value is -0.900. The molecule has 0 spiro atoms. The zero-order valence-corrected chi connectivity index (χ0v) is 13.9. The molecule has 3 nitrogen and oxygen atoms in total. The highest BCUT2D eigenvalue weighted by Crippen LogP contribution is 2.30. The van der Waals surface area contributed by atoms with Crippen LogP contribution in [0.2, 0.25) is 0 Å². The van der Waals surface area contributed by atoms with Crippen molar-refractivity contribution in [3.05, 3.63) is 35.9 Å². The van der Waals surface area contributed by atoms with Crippen LogP contribution in [0.1, 0.15) is 39.2 Å². The molecular formula is C18H31N3. The molecule has 0 aliphatic carbocycles. The van der Waals surface area contributed by atoms with Gasteiger partial charge in [0.15, 0.2) is 0 Å². The summed E-state index contributed by atoms with van der Waals surface area (Å²) in [7, 11) is 0. The molecule has 0 atom stereocenters. The lowest BCUT2D eigenvalue weighted by Crippen LogP contribution is -2.59. The van der Waals surface area contributed by atoms with Gasteiger partial charge in [0.05, 0.1) is 0 Å². The van der Waals surface area contributed by atoms with Crippen LogP contribution in [0.4, 0.5) is 0 Å². The van der Waals surface area contributed by atoms with E-state index in [2.05, 4.69) is 60.9 Å². The molecule has 3 heteroatoms. The second-order valence-electron chi connectivity index (χ2n) is 6.56. The van der Waals surface area contributed by atoms with E-state index in [0.717, 1.165) is 19.6 Å². The lowest BCUT2D eigenvalue weighted by atomic mass is 9.84. The van der Waals surface area contributed by atoms with E-state index < -0.39 is 0 Å². The van der Waals surface area contributed by atoms with Gasteiger partial charge in [0.2, 0.25) is 0 Å². The summed E-state index contributed by atoms with van der Waals surface area (Å²) in [6.07, 6.45) is 2.37. The van der Waals surface area contributed by atoms with Gasteiger partial charge < -0.3 is 10.6 Å². The molecule has 21 heavy (non-hydrogen) atoms. The maximum absolute atomic E-state index is 6.23. The molecule has 2 N–H and O–H groups in total. The minimum atomic E-state index is 0.177. The number of hydrogen-bond acceptors (Lipinski definition) is 3. The Morgan fingerprint density at radius 1 is 1.19 bits per heavy atom. The third kappa shape index (κ3) is 3.85. The summed E-state index contributed by atoms with van der Waals surface area (Å²) in [5.74, 6) is 0. The van der Waals surface area contributed by atoms with Crippen molar-refractivity contribution in [1.29, 1.82) is 0 Å². The highest BCUT2D eigenvalue weighted by molar-refractivity contribution is 5.15. The number of nitrogens with two attached hydrogens (primary N) is 1. The number of likely N-dealkylation sites (tertiary alicyclic amines) is 1. The van der Waals surface area contributed by atoms with E-state index in [1.807, 2.05) is 0 Å². The average Bonchev–Trinajstić information content (AvgIpc) is 2.53. The Labute approximate surface area is 130 Å². The van der Waals surface area contributed by atoms with Gasteiger partial charge in [-0.25, -0.2) is 0 Å². The molecule has 0 bridgehead atoms. The van der Waals surface area contributed by atoms with Crippen molar-refractivity contribution in [1.82, 2.24) is 9.80 Å². The predicted octanol–water partition coefficient (Wildman–Crippen LogP) is 2.71. The molecular weight excluding hydrogens is 258 g/mol. The first-order valence-electron chi connectivity index (χ1n) is 8.34. The lowest BCUT2D eigenvalue weighted by molar-refractivity contribution is 0.0157. The second kappa shape index (κ2) is 7.39. The highest BCUT2D eigenvalue weighted by atomic mass is 15.2. The van der Waals surface area contributed by atoms with E-state index in [1.165, 1.54) is 31.5 Å². The van der Waals surface area contributed by atoms with Crippen molar-refractivity contribution in [2.75, 3.05) is 26.2 Å². The molecule has 1 aromatic carbocycles. The van der Waals surface area contributed by atoms with Crippen LogP contribution in [0.25, 0.3) is 0 Å². The Bertz CT molecular complexity index is 408. The van der Waals surface area contributed by atoms with Gasteiger partial charge in [-0.05, 0) is 38.8 Å². The van der Waals surface area contributed by atoms with E-state index in [-0.39, 0.29) is 5.54 Å². The second-order valence-corrected chi connectivity index (χ2v) is 6.56. The van der Waals surface area contributed by atoms with Crippen molar-refractivity contribution in [2.45, 2.75) is 51.7 Å². The van der Waals surface area contributed by atoms with E-state index >= 15 is 0 Å². The monoisotopic (exact) mass is 289 g/mol. The summed E-state index contributed by atoms with van der Waals surface area (Å²) in [6.45, 7) is 12.0. The number of benzene rings is 1. The first-order valence-corrected chi connectivity index (χ1v) is 8.34. The minimum Gasteiger partial charge on any atom is -0.329 e. The molecule has 1 fully saturated rings. The van der Waals surface area contributed by atoms with Gasteiger partial charge in [0.1, 0.15) is 0 Å². The summed E-state index contributed by atoms with van der Waals surface area (Å²) in [5, 5.41) is 0. The van der Waals surface area contributed by atoms with Gasteiger partial charge in [0.25, 0.3) is 0 Å². The van der Waals surface area contributed by atoms with Crippen LogP contribution in [0.3, 0.4) is 0 Å². The largest absolute Gasteiger partial charge is 0.329 e. The Morgan fingerprint density at radius 3 is 2.29 bits per heavy atom. The van der Waals surface area contributed by atoms with Crippen molar-refractivity contribution in [3.8, 4) is 0 Å². The molecule has 2 rings (SSSR count). The van der Waals surface area contributed by atoms with Crippen LogP contribution >= 0.6 is 0 Å². The zero-order valence-electron chi connectivity index (χ0n) is 13.9. The zero-order chi connectivity index (χ0) is 15.3. The first kappa shape index (κ1) is 16.5. The molecule has 1 aliphatic rings. The summed E-state index contributed by atoms with van der Waals surface area (Å²) < 4.78 is 0. The van der Waals surface area contributed by atoms with E-state index in [1.54, 1.807) is 0 Å². The standard InChI is InChI=1S/C18H31N3/c1-4-21(14-17-8-6-5-7-9-17)18(15-19)10-12-20(13-11-18)16(2)3/h5-9,16H,4,10-15,19H2,1-3H3. The van der Waals surface area contributed by atoms with Crippen LogP contribution in [0.15, 0.2) is 30.3 Å². The summed E-state index contributed by atoms with van der Waals surface area (Å²) in [4.78, 5) is 5.17. The Morgan fingerprint density at radius 2 is 1.81 bits per heavy atom. The van der Waals surface area contributed by atoms with E-state index in [0.29, 0.717) is 6.04 Å². The third-order valence-electron chi connectivity index (χ3n) is 5.11. The minimum absolute atomic E-state index is 0.177. The molecule has 1 aliphatic heterocycles. The summed E-state index contributed by atoms with van der Waals surface area (Å²) >= 11 is 0. The van der Waals surface area contributed by atoms with E-state index in [9.17, 15) is 0 Å². The molecule has 0 radical (unpaired) electrons. The van der Waals surface area contributed by atoms with Crippen LogP contribution in [0, 0.1) is 0 Å². The number of likely N-dealkylation sites (N-methyl/N-ethyl adjacent to an activating group) is 1. The summed E-state index contributed by atoms with van der Waals surface area (Å²) in [6, 6.07) is 11.4. The van der Waals surface area contributed by atoms with E-state index in [4.69, 9.17) is 5.73 Å². The first-order chi connectivity index (χ1) is 10.1. The maximum Gasteiger partial charge on any atom is 0.0359 e. The molecule has 1 saturated heterocycles. The predicted molar refractivity (Wildman–Crippen MR) is 90.3 cm³/mol. The molecule has 118 valence electrons. The van der Waals surface area contributed by atoms with Crippen molar-refractivity contribution < 1.29 is 0 Å². The molecule has 0 amide bonds. The van der Waals surface area contributed by atoms with Gasteiger partial charge in [-0.1, -0.05) is 37.3 Å². The maximum atomic E-state index is 6.23. The van der Waals surface area contributed by atoms with Crippen molar-refractivity contribution in [2.24, 2.45) is 5.73 Å². The fraction of sp³-hybridized carbons (Fsp3) is 0.667. The SMILES string of the molecule is CCN(Cc1ccccc1)C1(CN)CCN(C(C)C)CC1. The van der Waals surface area contributed by atoms with Crippen LogP contribution in [-0.4, -0.2) is 47.6 Å². The number of rotatable bonds is 6. The normalized spacial score (nSPS) is 19.3. The fourth-order valence-corrected chi connectivity index (χ4v) is 3.52. The van der Waals surface area contributed by atoms with Crippen LogP contribution in [-0.2, 0) is 6.54 Å². The smallest absolute Gasteiger partial charge is 0.0359 e. The number of piperidine rings is 1. The lowest BCUT2D eigenvalue weighted by Gasteiger charge is -2.49. The van der Waals surface area contributed by atoms with Gasteiger partial charge in [-0.3, -0.25) is 4.90 Å². The number of hydrogen-bond donors (Lipinski definition) is 1. The molecule has 0 saturated carbocycles. The highest BCUT2D eigenvalue weighted by Gasteiger charge is 2.38.